The number of carbonyl (C=O) groups excluding carboxylic acids is 2. The van der Waals surface area contributed by atoms with Crippen molar-refractivity contribution in [3.63, 3.8) is 0 Å². The van der Waals surface area contributed by atoms with Gasteiger partial charge >= 0.3 is 0 Å². The van der Waals surface area contributed by atoms with Gasteiger partial charge in [0.25, 0.3) is 5.91 Å². The number of likely N-dealkylation sites (tertiary alicyclic amines) is 1. The molecule has 1 heterocycles. The third kappa shape index (κ3) is 2.20. The maximum atomic E-state index is 12.1. The second-order valence-corrected chi connectivity index (χ2v) is 5.35. The van der Waals surface area contributed by atoms with Gasteiger partial charge in [-0.2, -0.15) is 0 Å². The molecular formula is C11H9Br2NO2. The number of nitrogens with zero attached hydrogens (tertiary/aromatic N) is 1. The van der Waals surface area contributed by atoms with Gasteiger partial charge in [-0.15, -0.1) is 0 Å². The largest absolute Gasteiger partial charge is 0.278 e. The van der Waals surface area contributed by atoms with Gasteiger partial charge in [-0.3, -0.25) is 14.5 Å². The summed E-state index contributed by atoms with van der Waals surface area (Å²) in [7, 11) is 0. The molecule has 0 unspecified atom stereocenters. The van der Waals surface area contributed by atoms with Crippen LogP contribution in [0.4, 0.5) is 0 Å². The van der Waals surface area contributed by atoms with Crippen molar-refractivity contribution in [2.45, 2.75) is 12.8 Å². The van der Waals surface area contributed by atoms with E-state index in [1.54, 1.807) is 12.1 Å². The van der Waals surface area contributed by atoms with Crippen LogP contribution < -0.4 is 0 Å². The van der Waals surface area contributed by atoms with E-state index >= 15 is 0 Å². The molecular weight excluding hydrogens is 338 g/mol. The van der Waals surface area contributed by atoms with Crippen molar-refractivity contribution in [2.24, 2.45) is 0 Å². The summed E-state index contributed by atoms with van der Waals surface area (Å²) >= 11 is 6.63. The Morgan fingerprint density at radius 3 is 2.69 bits per heavy atom. The molecule has 1 aromatic rings. The standard InChI is InChI=1S/C11H9Br2NO2/c12-7-3-4-9(13)8(6-7)11(16)14-5-1-2-10(14)15/h3-4,6H,1-2,5H2. The fraction of sp³-hybridized carbons (Fsp3) is 0.273. The fourth-order valence-corrected chi connectivity index (χ4v) is 2.45. The number of hydrogen-bond acceptors (Lipinski definition) is 2. The van der Waals surface area contributed by atoms with E-state index in [2.05, 4.69) is 31.9 Å². The molecule has 2 amide bonds. The van der Waals surface area contributed by atoms with E-state index in [-0.39, 0.29) is 11.8 Å². The van der Waals surface area contributed by atoms with Crippen LogP contribution >= 0.6 is 31.9 Å². The number of imide groups is 1. The molecule has 1 aromatic carbocycles. The topological polar surface area (TPSA) is 37.4 Å². The van der Waals surface area contributed by atoms with Gasteiger partial charge in [0.05, 0.1) is 5.56 Å². The molecule has 0 aliphatic carbocycles. The van der Waals surface area contributed by atoms with Gasteiger partial charge in [0.1, 0.15) is 0 Å². The van der Waals surface area contributed by atoms with Crippen LogP contribution in [-0.4, -0.2) is 23.3 Å². The van der Waals surface area contributed by atoms with E-state index in [0.717, 1.165) is 10.9 Å². The lowest BCUT2D eigenvalue weighted by Crippen LogP contribution is -2.32. The Hall–Kier alpha value is -0.680. The van der Waals surface area contributed by atoms with Crippen LogP contribution in [-0.2, 0) is 4.79 Å². The summed E-state index contributed by atoms with van der Waals surface area (Å²) in [6, 6.07) is 5.35. The van der Waals surface area contributed by atoms with Gasteiger partial charge in [-0.25, -0.2) is 0 Å². The van der Waals surface area contributed by atoms with Gasteiger partial charge in [0.2, 0.25) is 5.91 Å². The normalized spacial score (nSPS) is 15.6. The molecule has 0 bridgehead atoms. The maximum absolute atomic E-state index is 12.1. The van der Waals surface area contributed by atoms with Crippen molar-refractivity contribution in [3.05, 3.63) is 32.7 Å². The zero-order valence-corrected chi connectivity index (χ0v) is 11.5. The highest BCUT2D eigenvalue weighted by Gasteiger charge is 2.28. The second kappa shape index (κ2) is 4.67. The molecule has 3 nitrogen and oxygen atoms in total. The molecule has 0 aromatic heterocycles. The van der Waals surface area contributed by atoms with Crippen molar-refractivity contribution in [1.29, 1.82) is 0 Å². The van der Waals surface area contributed by atoms with Crippen LogP contribution in [0.5, 0.6) is 0 Å². The van der Waals surface area contributed by atoms with E-state index in [0.29, 0.717) is 23.0 Å². The summed E-state index contributed by atoms with van der Waals surface area (Å²) in [5, 5.41) is 0. The van der Waals surface area contributed by atoms with Gasteiger partial charge < -0.3 is 0 Å². The molecule has 1 fully saturated rings. The number of benzene rings is 1. The van der Waals surface area contributed by atoms with E-state index < -0.39 is 0 Å². The smallest absolute Gasteiger partial charge is 0.261 e. The average Bonchev–Trinajstić information content (AvgIpc) is 2.67. The fourth-order valence-electron chi connectivity index (χ4n) is 1.67. The first-order valence-electron chi connectivity index (χ1n) is 4.89. The molecule has 16 heavy (non-hydrogen) atoms. The predicted octanol–water partition coefficient (Wildman–Crippen LogP) is 2.97. The first kappa shape index (κ1) is 11.8. The Bertz CT molecular complexity index is 459. The van der Waals surface area contributed by atoms with Crippen molar-refractivity contribution >= 4 is 43.7 Å². The molecule has 5 heteroatoms. The molecule has 1 aliphatic heterocycles. The summed E-state index contributed by atoms with van der Waals surface area (Å²) < 4.78 is 1.53. The summed E-state index contributed by atoms with van der Waals surface area (Å²) in [4.78, 5) is 24.9. The number of amides is 2. The van der Waals surface area contributed by atoms with Crippen molar-refractivity contribution < 1.29 is 9.59 Å². The number of rotatable bonds is 1. The predicted molar refractivity (Wildman–Crippen MR) is 67.1 cm³/mol. The summed E-state index contributed by atoms with van der Waals surface area (Å²) in [6.07, 6.45) is 1.23. The second-order valence-electron chi connectivity index (χ2n) is 3.58. The lowest BCUT2D eigenvalue weighted by Gasteiger charge is -2.14. The van der Waals surface area contributed by atoms with Crippen LogP contribution in [0.2, 0.25) is 0 Å². The quantitative estimate of drug-likeness (QED) is 0.733. The van der Waals surface area contributed by atoms with Crippen LogP contribution in [0.1, 0.15) is 23.2 Å². The minimum absolute atomic E-state index is 0.0862. The highest BCUT2D eigenvalue weighted by Crippen LogP contribution is 2.24. The van der Waals surface area contributed by atoms with Gasteiger partial charge in [0.15, 0.2) is 0 Å². The molecule has 1 saturated heterocycles. The zero-order chi connectivity index (χ0) is 11.7. The molecule has 0 radical (unpaired) electrons. The van der Waals surface area contributed by atoms with Crippen LogP contribution in [0.25, 0.3) is 0 Å². The molecule has 84 valence electrons. The number of halogens is 2. The van der Waals surface area contributed by atoms with Crippen LogP contribution in [0.3, 0.4) is 0 Å². The van der Waals surface area contributed by atoms with Gasteiger partial charge in [-0.05, 0) is 40.5 Å². The van der Waals surface area contributed by atoms with Crippen molar-refractivity contribution in [1.82, 2.24) is 4.90 Å². The molecule has 0 saturated carbocycles. The highest BCUT2D eigenvalue weighted by atomic mass is 79.9. The van der Waals surface area contributed by atoms with E-state index in [9.17, 15) is 9.59 Å². The van der Waals surface area contributed by atoms with Crippen molar-refractivity contribution in [2.75, 3.05) is 6.54 Å². The van der Waals surface area contributed by atoms with E-state index in [1.807, 2.05) is 6.07 Å². The third-order valence-corrected chi connectivity index (χ3v) is 3.66. The Labute approximate surface area is 110 Å². The highest BCUT2D eigenvalue weighted by molar-refractivity contribution is 9.11. The summed E-state index contributed by atoms with van der Waals surface area (Å²) in [6.45, 7) is 0.524. The molecule has 1 aliphatic rings. The average molecular weight is 347 g/mol. The minimum atomic E-state index is -0.226. The van der Waals surface area contributed by atoms with Crippen LogP contribution in [0.15, 0.2) is 27.1 Å². The Balaban J connectivity index is 2.33. The lowest BCUT2D eigenvalue weighted by atomic mass is 10.2. The van der Waals surface area contributed by atoms with Gasteiger partial charge in [-0.1, -0.05) is 15.9 Å². The molecule has 2 rings (SSSR count). The first-order chi connectivity index (χ1) is 7.59. The minimum Gasteiger partial charge on any atom is -0.278 e. The molecule has 0 spiro atoms. The molecule has 0 N–H and O–H groups in total. The van der Waals surface area contributed by atoms with E-state index in [4.69, 9.17) is 0 Å². The van der Waals surface area contributed by atoms with E-state index in [1.165, 1.54) is 4.90 Å². The first-order valence-corrected chi connectivity index (χ1v) is 6.48. The Kier molecular flexibility index (Phi) is 3.44. The SMILES string of the molecule is O=C1CCCN1C(=O)c1cc(Br)ccc1Br. The van der Waals surface area contributed by atoms with Gasteiger partial charge in [0, 0.05) is 21.9 Å². The Morgan fingerprint density at radius 1 is 1.31 bits per heavy atom. The summed E-state index contributed by atoms with van der Waals surface area (Å²) in [5.41, 5.74) is 0.518. The number of hydrogen-bond donors (Lipinski definition) is 0. The van der Waals surface area contributed by atoms with Crippen LogP contribution in [0, 0.1) is 0 Å². The third-order valence-electron chi connectivity index (χ3n) is 2.48. The zero-order valence-electron chi connectivity index (χ0n) is 8.37. The maximum Gasteiger partial charge on any atom is 0.261 e. The van der Waals surface area contributed by atoms with Crippen molar-refractivity contribution in [3.8, 4) is 0 Å². The lowest BCUT2D eigenvalue weighted by molar-refractivity contribution is -0.125. The Morgan fingerprint density at radius 2 is 2.06 bits per heavy atom. The summed E-state index contributed by atoms with van der Waals surface area (Å²) in [5.74, 6) is -0.312. The monoisotopic (exact) mass is 345 g/mol. The number of carbonyl (C=O) groups is 2. The molecule has 0 atom stereocenters.